The Balaban J connectivity index is 1.68. The van der Waals surface area contributed by atoms with E-state index in [9.17, 15) is 35.4 Å². The molecule has 0 aliphatic heterocycles. The molecule has 0 heterocycles. The zero-order valence-corrected chi connectivity index (χ0v) is 22.2. The molecule has 6 N–H and O–H groups in total. The molecular weight excluding hydrogens is 448 g/mol. The van der Waals surface area contributed by atoms with Gasteiger partial charge < -0.3 is 30.6 Å². The first-order chi connectivity index (χ1) is 15.9. The summed E-state index contributed by atoms with van der Waals surface area (Å²) in [6.07, 6.45) is 1.81. The summed E-state index contributed by atoms with van der Waals surface area (Å²) in [6.45, 7) is 10.7. The lowest BCUT2D eigenvalue weighted by Crippen LogP contribution is -2.64. The van der Waals surface area contributed by atoms with Crippen LogP contribution in [0.15, 0.2) is 11.6 Å². The number of allylic oxidation sites excluding steroid dienone is 1. The average Bonchev–Trinajstić information content (AvgIpc) is 3.02. The van der Waals surface area contributed by atoms with Crippen LogP contribution in [0.1, 0.15) is 86.5 Å². The zero-order valence-electron chi connectivity index (χ0n) is 22.2. The molecule has 4 aliphatic rings. The van der Waals surface area contributed by atoms with Gasteiger partial charge in [0.25, 0.3) is 0 Å². The van der Waals surface area contributed by atoms with Crippen molar-refractivity contribution in [3.63, 3.8) is 0 Å². The normalized spacial score (nSPS) is 47.1. The Morgan fingerprint density at radius 2 is 1.69 bits per heavy atom. The Kier molecular flexibility index (Phi) is 6.48. The molecule has 7 nitrogen and oxygen atoms in total. The predicted molar refractivity (Wildman–Crippen MR) is 131 cm³/mol. The third-order valence-electron chi connectivity index (χ3n) is 11.3. The zero-order chi connectivity index (χ0) is 26.4. The van der Waals surface area contributed by atoms with Gasteiger partial charge in [0, 0.05) is 16.7 Å². The van der Waals surface area contributed by atoms with Gasteiger partial charge in [0.15, 0.2) is 5.78 Å². The van der Waals surface area contributed by atoms with E-state index >= 15 is 0 Å². The van der Waals surface area contributed by atoms with Gasteiger partial charge in [-0.15, -0.1) is 0 Å². The fraction of sp³-hybridized carbons (Fsp3) is 0.893. The molecule has 4 rings (SSSR count). The molecule has 0 aromatic heterocycles. The second-order valence-electron chi connectivity index (χ2n) is 13.6. The first kappa shape index (κ1) is 27.2. The quantitative estimate of drug-likeness (QED) is 0.344. The summed E-state index contributed by atoms with van der Waals surface area (Å²) in [5.74, 6) is -1.47. The van der Waals surface area contributed by atoms with Gasteiger partial charge >= 0.3 is 0 Å². The van der Waals surface area contributed by atoms with Crippen LogP contribution in [0.25, 0.3) is 0 Å². The number of hydrogen-bond acceptors (Lipinski definition) is 7. The van der Waals surface area contributed by atoms with Crippen molar-refractivity contribution >= 4 is 5.78 Å². The Bertz CT molecular complexity index is 890. The number of aliphatic hydroxyl groups excluding tert-OH is 3. The summed E-state index contributed by atoms with van der Waals surface area (Å²) in [6, 6.07) is 0. The van der Waals surface area contributed by atoms with E-state index in [2.05, 4.69) is 0 Å². The van der Waals surface area contributed by atoms with E-state index in [4.69, 9.17) is 0 Å². The number of hydrogen-bond donors (Lipinski definition) is 6. The topological polar surface area (TPSA) is 138 Å². The summed E-state index contributed by atoms with van der Waals surface area (Å²) in [4.78, 5) is 13.3. The van der Waals surface area contributed by atoms with E-state index in [0.717, 1.165) is 0 Å². The summed E-state index contributed by atoms with van der Waals surface area (Å²) >= 11 is 0. The molecule has 0 amide bonds. The molecule has 7 heteroatoms. The lowest BCUT2D eigenvalue weighted by atomic mass is 9.45. The fourth-order valence-electron chi connectivity index (χ4n) is 8.40. The molecule has 11 atom stereocenters. The van der Waals surface area contributed by atoms with Crippen LogP contribution in [-0.2, 0) is 4.79 Å². The minimum absolute atomic E-state index is 0.150. The van der Waals surface area contributed by atoms with Crippen molar-refractivity contribution in [3.8, 4) is 0 Å². The van der Waals surface area contributed by atoms with E-state index in [-0.39, 0.29) is 30.5 Å². The molecular formula is C28H46O7. The van der Waals surface area contributed by atoms with E-state index in [0.29, 0.717) is 37.7 Å². The molecule has 4 aliphatic carbocycles. The highest BCUT2D eigenvalue weighted by molar-refractivity contribution is 5.95. The molecule has 0 saturated heterocycles. The van der Waals surface area contributed by atoms with E-state index in [1.165, 1.54) is 0 Å². The van der Waals surface area contributed by atoms with Crippen LogP contribution in [0.4, 0.5) is 0 Å². The lowest BCUT2D eigenvalue weighted by Gasteiger charge is -2.61. The summed E-state index contributed by atoms with van der Waals surface area (Å²) < 4.78 is 0. The number of rotatable bonds is 5. The maximum Gasteiger partial charge on any atom is 0.159 e. The SMILES string of the molecule is C[C@H](C[C@H](O)[C@](C)(O)[C@H]1CC[C@@]2(O)C3=CC(=O)[C@@H]4C[C@@H](O)C[C@@H](O)[C@]4(C)[C@H]3CC[C@]12C)C(C)(C)O. The van der Waals surface area contributed by atoms with Crippen LogP contribution in [0.2, 0.25) is 0 Å². The molecule has 0 aromatic carbocycles. The van der Waals surface area contributed by atoms with E-state index in [1.807, 2.05) is 20.8 Å². The molecule has 0 radical (unpaired) electrons. The Labute approximate surface area is 209 Å². The first-order valence-corrected chi connectivity index (χ1v) is 13.4. The van der Waals surface area contributed by atoms with Gasteiger partial charge in [-0.05, 0) is 95.1 Å². The van der Waals surface area contributed by atoms with Gasteiger partial charge in [-0.2, -0.15) is 0 Å². The van der Waals surface area contributed by atoms with Gasteiger partial charge in [0.05, 0.1) is 35.1 Å². The third kappa shape index (κ3) is 3.79. The molecule has 0 unspecified atom stereocenters. The largest absolute Gasteiger partial charge is 0.393 e. The van der Waals surface area contributed by atoms with Crippen LogP contribution < -0.4 is 0 Å². The van der Waals surface area contributed by atoms with Crippen molar-refractivity contribution in [2.24, 2.45) is 34.5 Å². The minimum atomic E-state index is -1.49. The number of fused-ring (bicyclic) bond motifs is 5. The standard InChI is InChI=1S/C28H46O7/c1-15(24(2,3)33)11-23(32)27(6,34)21-8-10-28(35)18-14-20(30)19-12-16(29)13-22(31)26(19,5)17(18)7-9-25(21,28)4/h14-17,19,21-23,29,31-35H,7-13H2,1-6H3/t15-,16-,17+,19+,21+,22-,23+,25-,26-,27-,28-/m1/s1. The van der Waals surface area contributed by atoms with Crippen LogP contribution >= 0.6 is 0 Å². The number of carbonyl (C=O) groups excluding carboxylic acids is 1. The molecule has 200 valence electrons. The highest BCUT2D eigenvalue weighted by atomic mass is 16.3. The van der Waals surface area contributed by atoms with Gasteiger partial charge in [0.2, 0.25) is 0 Å². The third-order valence-corrected chi connectivity index (χ3v) is 11.3. The second-order valence-corrected chi connectivity index (χ2v) is 13.6. The molecule has 0 aromatic rings. The molecule has 0 spiro atoms. The number of ketones is 1. The van der Waals surface area contributed by atoms with E-state index in [1.54, 1.807) is 26.8 Å². The molecule has 3 saturated carbocycles. The maximum absolute atomic E-state index is 13.3. The molecule has 0 bridgehead atoms. The summed E-state index contributed by atoms with van der Waals surface area (Å²) in [5.41, 5.74) is -4.68. The molecule has 3 fully saturated rings. The van der Waals surface area contributed by atoms with Crippen molar-refractivity contribution in [1.82, 2.24) is 0 Å². The highest BCUT2D eigenvalue weighted by Gasteiger charge is 2.69. The smallest absolute Gasteiger partial charge is 0.159 e. The lowest BCUT2D eigenvalue weighted by molar-refractivity contribution is -0.184. The van der Waals surface area contributed by atoms with E-state index < -0.39 is 57.8 Å². The monoisotopic (exact) mass is 494 g/mol. The first-order valence-electron chi connectivity index (χ1n) is 13.4. The van der Waals surface area contributed by atoms with Crippen molar-refractivity contribution in [2.45, 2.75) is 122 Å². The van der Waals surface area contributed by atoms with Gasteiger partial charge in [-0.25, -0.2) is 0 Å². The Morgan fingerprint density at radius 1 is 1.06 bits per heavy atom. The van der Waals surface area contributed by atoms with Gasteiger partial charge in [-0.1, -0.05) is 20.8 Å². The predicted octanol–water partition coefficient (Wildman–Crippen LogP) is 2.10. The van der Waals surface area contributed by atoms with Crippen molar-refractivity contribution < 1.29 is 35.4 Å². The summed E-state index contributed by atoms with van der Waals surface area (Å²) in [7, 11) is 0. The Morgan fingerprint density at radius 3 is 2.29 bits per heavy atom. The Hall–Kier alpha value is -0.830. The fourth-order valence-corrected chi connectivity index (χ4v) is 8.40. The summed E-state index contributed by atoms with van der Waals surface area (Å²) in [5, 5.41) is 66.7. The number of aliphatic hydroxyl groups is 6. The van der Waals surface area contributed by atoms with Crippen molar-refractivity contribution in [3.05, 3.63) is 11.6 Å². The van der Waals surface area contributed by atoms with Crippen molar-refractivity contribution in [1.29, 1.82) is 0 Å². The maximum atomic E-state index is 13.3. The number of carbonyl (C=O) groups is 1. The molecule has 35 heavy (non-hydrogen) atoms. The van der Waals surface area contributed by atoms with Crippen LogP contribution in [0, 0.1) is 34.5 Å². The average molecular weight is 495 g/mol. The van der Waals surface area contributed by atoms with Crippen molar-refractivity contribution in [2.75, 3.05) is 0 Å². The second kappa shape index (κ2) is 8.34. The minimum Gasteiger partial charge on any atom is -0.393 e. The van der Waals surface area contributed by atoms with Gasteiger partial charge in [-0.3, -0.25) is 4.79 Å². The van der Waals surface area contributed by atoms with Crippen LogP contribution in [0.5, 0.6) is 0 Å². The highest BCUT2D eigenvalue weighted by Crippen LogP contribution is 2.68. The van der Waals surface area contributed by atoms with Crippen LogP contribution in [-0.4, -0.2) is 71.5 Å². The van der Waals surface area contributed by atoms with Gasteiger partial charge in [0.1, 0.15) is 0 Å². The van der Waals surface area contributed by atoms with Crippen LogP contribution in [0.3, 0.4) is 0 Å².